The Bertz CT molecular complexity index is 1670. The molecule has 0 spiro atoms. The molecule has 1 aliphatic carbocycles. The number of esters is 1. The molecule has 0 bridgehead atoms. The lowest BCUT2D eigenvalue weighted by atomic mass is 9.76. The van der Waals surface area contributed by atoms with E-state index in [9.17, 15) is 33.0 Å². The molecule has 9 heteroatoms. The molecule has 1 aliphatic rings. The van der Waals surface area contributed by atoms with E-state index >= 15 is 0 Å². The van der Waals surface area contributed by atoms with Gasteiger partial charge in [0.2, 0.25) is 0 Å². The van der Waals surface area contributed by atoms with Gasteiger partial charge in [-0.2, -0.15) is 13.2 Å². The molecule has 1 fully saturated rings. The molecule has 3 aromatic carbocycles. The van der Waals surface area contributed by atoms with E-state index in [1.807, 2.05) is 6.92 Å². The molecule has 0 saturated heterocycles. The summed E-state index contributed by atoms with van der Waals surface area (Å²) in [5.74, 6) is 0.125. The second-order valence-electron chi connectivity index (χ2n) is 13.9. The summed E-state index contributed by atoms with van der Waals surface area (Å²) >= 11 is 0. The van der Waals surface area contributed by atoms with Crippen LogP contribution in [0.4, 0.5) is 13.2 Å². The molecule has 0 aromatic heterocycles. The Labute approximate surface area is 305 Å². The van der Waals surface area contributed by atoms with Gasteiger partial charge in [0.1, 0.15) is 5.75 Å². The Morgan fingerprint density at radius 2 is 1.60 bits per heavy atom. The van der Waals surface area contributed by atoms with Gasteiger partial charge in [0.25, 0.3) is 0 Å². The van der Waals surface area contributed by atoms with Crippen molar-refractivity contribution in [3.05, 3.63) is 102 Å². The Balaban J connectivity index is 1.79. The van der Waals surface area contributed by atoms with E-state index in [4.69, 9.17) is 9.47 Å². The first-order chi connectivity index (χ1) is 24.9. The number of carbonyl (C=O) groups excluding carboxylic acids is 2. The highest BCUT2D eigenvalue weighted by Gasteiger charge is 2.35. The second-order valence-corrected chi connectivity index (χ2v) is 13.9. The standard InChI is InChI=1S/C43H51F3O6/c1-5-10-29-12-14-30(15-13-29)32-18-21-36(38(25-32)43(44,45)46)34-23-33(11-9-22-51-40(50)7-3)41(37(24-34)39(49)6-2)31-16-19-35(20-17-31)52-28-42(8-4,26-47)27-48/h6-7,16-21,23-25,29-30,47-48H,2-3,5,8-15,22,26-28H2,1,4H3. The van der Waals surface area contributed by atoms with Crippen molar-refractivity contribution in [3.63, 3.8) is 0 Å². The Morgan fingerprint density at radius 1 is 0.904 bits per heavy atom. The fourth-order valence-corrected chi connectivity index (χ4v) is 7.11. The van der Waals surface area contributed by atoms with Gasteiger partial charge in [0.15, 0.2) is 5.78 Å². The summed E-state index contributed by atoms with van der Waals surface area (Å²) in [6, 6.07) is 14.7. The number of aryl methyl sites for hydroxylation is 1. The SMILES string of the molecule is C=CC(=O)OCCCc1cc(-c2ccc(C3CCC(CCC)CC3)cc2C(F)(F)F)cc(C(=O)C=C)c1-c1ccc(OCC(CC)(CO)CO)cc1. The summed E-state index contributed by atoms with van der Waals surface area (Å²) in [5, 5.41) is 19.6. The van der Waals surface area contributed by atoms with Gasteiger partial charge in [-0.3, -0.25) is 4.79 Å². The van der Waals surface area contributed by atoms with Crippen molar-refractivity contribution in [1.82, 2.24) is 0 Å². The zero-order chi connectivity index (χ0) is 37.9. The normalized spacial score (nSPS) is 16.3. The van der Waals surface area contributed by atoms with E-state index in [-0.39, 0.29) is 55.5 Å². The van der Waals surface area contributed by atoms with Crippen LogP contribution in [0.1, 0.15) is 98.2 Å². The number of ketones is 1. The van der Waals surface area contributed by atoms with Gasteiger partial charge >= 0.3 is 12.1 Å². The van der Waals surface area contributed by atoms with Gasteiger partial charge in [-0.15, -0.1) is 0 Å². The lowest BCUT2D eigenvalue weighted by Crippen LogP contribution is -2.35. The number of benzene rings is 3. The zero-order valence-electron chi connectivity index (χ0n) is 30.3. The molecule has 0 atom stereocenters. The average Bonchev–Trinajstić information content (AvgIpc) is 3.16. The van der Waals surface area contributed by atoms with E-state index in [0.29, 0.717) is 46.8 Å². The minimum Gasteiger partial charge on any atom is -0.493 e. The van der Waals surface area contributed by atoms with E-state index in [0.717, 1.165) is 50.7 Å². The van der Waals surface area contributed by atoms with Crippen molar-refractivity contribution in [2.45, 2.75) is 83.7 Å². The molecule has 280 valence electrons. The summed E-state index contributed by atoms with van der Waals surface area (Å²) < 4.78 is 55.6. The number of aliphatic hydroxyl groups excluding tert-OH is 2. The molecular weight excluding hydrogens is 669 g/mol. The summed E-state index contributed by atoms with van der Waals surface area (Å²) in [6.07, 6.45) is 4.70. The van der Waals surface area contributed by atoms with Crippen LogP contribution in [0.3, 0.4) is 0 Å². The van der Waals surface area contributed by atoms with Crippen LogP contribution in [0.2, 0.25) is 0 Å². The maximum atomic E-state index is 14.8. The number of carbonyl (C=O) groups is 2. The number of aliphatic hydroxyl groups is 2. The molecule has 1 saturated carbocycles. The first-order valence-corrected chi connectivity index (χ1v) is 18.2. The molecule has 52 heavy (non-hydrogen) atoms. The third kappa shape index (κ3) is 10.0. The lowest BCUT2D eigenvalue weighted by molar-refractivity contribution is -0.138. The summed E-state index contributed by atoms with van der Waals surface area (Å²) in [5.41, 5.74) is 1.31. The van der Waals surface area contributed by atoms with Crippen LogP contribution in [0, 0.1) is 11.3 Å². The van der Waals surface area contributed by atoms with E-state index in [1.54, 1.807) is 36.4 Å². The van der Waals surface area contributed by atoms with E-state index < -0.39 is 28.9 Å². The van der Waals surface area contributed by atoms with Crippen LogP contribution in [0.25, 0.3) is 22.3 Å². The first kappa shape index (κ1) is 40.6. The predicted molar refractivity (Wildman–Crippen MR) is 198 cm³/mol. The Morgan fingerprint density at radius 3 is 2.17 bits per heavy atom. The number of alkyl halides is 3. The average molecular weight is 721 g/mol. The molecule has 2 N–H and O–H groups in total. The van der Waals surface area contributed by atoms with Crippen molar-refractivity contribution >= 4 is 11.8 Å². The van der Waals surface area contributed by atoms with Gasteiger partial charge in [-0.1, -0.05) is 70.2 Å². The van der Waals surface area contributed by atoms with Crippen LogP contribution < -0.4 is 4.74 Å². The molecule has 0 unspecified atom stereocenters. The molecule has 0 aliphatic heterocycles. The largest absolute Gasteiger partial charge is 0.493 e. The van der Waals surface area contributed by atoms with Crippen molar-refractivity contribution in [2.24, 2.45) is 11.3 Å². The minimum atomic E-state index is -4.64. The molecule has 6 nitrogen and oxygen atoms in total. The highest BCUT2D eigenvalue weighted by atomic mass is 19.4. The fourth-order valence-electron chi connectivity index (χ4n) is 7.11. The minimum absolute atomic E-state index is 0.0177. The Kier molecular flexibility index (Phi) is 14.4. The van der Waals surface area contributed by atoms with Crippen LogP contribution in [0.15, 0.2) is 79.9 Å². The third-order valence-corrected chi connectivity index (χ3v) is 10.5. The fraction of sp³-hybridized carbons (Fsp3) is 0.442. The Hall–Kier alpha value is -4.21. The maximum absolute atomic E-state index is 14.8. The molecule has 3 aromatic rings. The third-order valence-electron chi connectivity index (χ3n) is 10.5. The molecule has 0 heterocycles. The number of rotatable bonds is 18. The monoisotopic (exact) mass is 720 g/mol. The molecular formula is C43H51F3O6. The summed E-state index contributed by atoms with van der Waals surface area (Å²) in [4.78, 5) is 25.2. The molecule has 0 amide bonds. The number of allylic oxidation sites excluding steroid dienone is 1. The number of halogens is 3. The van der Waals surface area contributed by atoms with Crippen LogP contribution >= 0.6 is 0 Å². The van der Waals surface area contributed by atoms with Gasteiger partial charge in [0, 0.05) is 11.6 Å². The molecule has 4 rings (SSSR count). The highest BCUT2D eigenvalue weighted by Crippen LogP contribution is 2.44. The topological polar surface area (TPSA) is 93.1 Å². The van der Waals surface area contributed by atoms with Crippen molar-refractivity contribution < 1.29 is 42.4 Å². The summed E-state index contributed by atoms with van der Waals surface area (Å²) in [7, 11) is 0. The van der Waals surface area contributed by atoms with Crippen LogP contribution in [-0.4, -0.2) is 48.4 Å². The number of ether oxygens (including phenoxy) is 2. The molecule has 0 radical (unpaired) electrons. The van der Waals surface area contributed by atoms with Gasteiger partial charge in [0.05, 0.1) is 37.4 Å². The smallest absolute Gasteiger partial charge is 0.417 e. The van der Waals surface area contributed by atoms with Crippen LogP contribution in [-0.2, 0) is 22.1 Å². The van der Waals surface area contributed by atoms with E-state index in [1.165, 1.54) is 18.2 Å². The predicted octanol–water partition coefficient (Wildman–Crippen LogP) is 9.90. The number of hydrogen-bond acceptors (Lipinski definition) is 6. The zero-order valence-corrected chi connectivity index (χ0v) is 30.3. The number of hydrogen-bond donors (Lipinski definition) is 2. The second kappa shape index (κ2) is 18.5. The summed E-state index contributed by atoms with van der Waals surface area (Å²) in [6.45, 7) is 10.7. The lowest BCUT2D eigenvalue weighted by Gasteiger charge is -2.29. The van der Waals surface area contributed by atoms with Gasteiger partial charge in [-0.25, -0.2) is 4.79 Å². The first-order valence-electron chi connectivity index (χ1n) is 18.2. The van der Waals surface area contributed by atoms with Crippen LogP contribution in [0.5, 0.6) is 5.75 Å². The highest BCUT2D eigenvalue weighted by molar-refractivity contribution is 6.10. The van der Waals surface area contributed by atoms with Crippen molar-refractivity contribution in [2.75, 3.05) is 26.4 Å². The van der Waals surface area contributed by atoms with Crippen molar-refractivity contribution in [1.29, 1.82) is 0 Å². The van der Waals surface area contributed by atoms with E-state index in [2.05, 4.69) is 20.1 Å². The quantitative estimate of drug-likeness (QED) is 0.0588. The van der Waals surface area contributed by atoms with Gasteiger partial charge in [-0.05, 0) is 121 Å². The van der Waals surface area contributed by atoms with Crippen molar-refractivity contribution in [3.8, 4) is 28.0 Å². The van der Waals surface area contributed by atoms with Gasteiger partial charge < -0.3 is 19.7 Å². The maximum Gasteiger partial charge on any atom is 0.417 e.